The number of aliphatic imine (C=N–C) groups is 1. The van der Waals surface area contributed by atoms with E-state index in [9.17, 15) is 18.0 Å². The van der Waals surface area contributed by atoms with Crippen molar-refractivity contribution >= 4 is 35.8 Å². The first-order chi connectivity index (χ1) is 12.9. The van der Waals surface area contributed by atoms with Crippen LogP contribution in [0.25, 0.3) is 0 Å². The summed E-state index contributed by atoms with van der Waals surface area (Å²) in [5.74, 6) is 0.445. The van der Waals surface area contributed by atoms with Crippen LogP contribution in [0.3, 0.4) is 0 Å². The van der Waals surface area contributed by atoms with Crippen molar-refractivity contribution in [1.29, 1.82) is 0 Å². The Hall–Kier alpha value is -1.72. The maximum Gasteiger partial charge on any atom is 0.573 e. The summed E-state index contributed by atoms with van der Waals surface area (Å²) in [7, 11) is 0. The largest absolute Gasteiger partial charge is 0.573 e. The van der Waals surface area contributed by atoms with Crippen molar-refractivity contribution < 1.29 is 22.7 Å². The first kappa shape index (κ1) is 24.3. The van der Waals surface area contributed by atoms with Crippen molar-refractivity contribution in [2.45, 2.75) is 39.1 Å². The van der Waals surface area contributed by atoms with E-state index in [0.717, 1.165) is 19.4 Å². The second kappa shape index (κ2) is 12.0. The minimum atomic E-state index is -4.74. The normalized spacial score (nSPS) is 14.6. The topological polar surface area (TPSA) is 66.0 Å². The molecule has 1 aromatic rings. The van der Waals surface area contributed by atoms with Gasteiger partial charge in [-0.05, 0) is 25.8 Å². The van der Waals surface area contributed by atoms with Gasteiger partial charge in [-0.15, -0.1) is 37.1 Å². The van der Waals surface area contributed by atoms with E-state index in [4.69, 9.17) is 0 Å². The van der Waals surface area contributed by atoms with Crippen LogP contribution in [0.1, 0.15) is 31.7 Å². The van der Waals surface area contributed by atoms with E-state index >= 15 is 0 Å². The number of alkyl halides is 3. The summed E-state index contributed by atoms with van der Waals surface area (Å²) in [6, 6.07) is 5.94. The number of ether oxygens (including phenoxy) is 1. The molecule has 6 nitrogen and oxygen atoms in total. The predicted octanol–water partition coefficient (Wildman–Crippen LogP) is 3.27. The lowest BCUT2D eigenvalue weighted by molar-refractivity contribution is -0.274. The number of likely N-dealkylation sites (tertiary alicyclic amines) is 1. The van der Waals surface area contributed by atoms with Crippen LogP contribution in [-0.4, -0.2) is 49.3 Å². The zero-order valence-electron chi connectivity index (χ0n) is 15.7. The predicted molar refractivity (Wildman–Crippen MR) is 112 cm³/mol. The van der Waals surface area contributed by atoms with Crippen molar-refractivity contribution in [1.82, 2.24) is 15.5 Å². The number of halogens is 4. The Labute approximate surface area is 179 Å². The zero-order valence-corrected chi connectivity index (χ0v) is 18.0. The summed E-state index contributed by atoms with van der Waals surface area (Å²) in [5, 5.41) is 6.19. The Morgan fingerprint density at radius 2 is 2.04 bits per heavy atom. The van der Waals surface area contributed by atoms with Gasteiger partial charge in [0, 0.05) is 38.2 Å². The number of nitrogens with zero attached hydrogens (tertiary/aromatic N) is 2. The van der Waals surface area contributed by atoms with Gasteiger partial charge in [0.1, 0.15) is 5.75 Å². The second-order valence-corrected chi connectivity index (χ2v) is 6.12. The molecule has 0 unspecified atom stereocenters. The Kier molecular flexibility index (Phi) is 10.4. The Morgan fingerprint density at radius 3 is 2.68 bits per heavy atom. The molecule has 0 aromatic heterocycles. The first-order valence-electron chi connectivity index (χ1n) is 9.02. The number of amides is 1. The van der Waals surface area contributed by atoms with Crippen LogP contribution < -0.4 is 15.4 Å². The number of rotatable bonds is 8. The third-order valence-electron chi connectivity index (χ3n) is 4.02. The minimum absolute atomic E-state index is 0. The van der Waals surface area contributed by atoms with Crippen molar-refractivity contribution in [2.75, 3.05) is 26.2 Å². The van der Waals surface area contributed by atoms with E-state index in [1.807, 2.05) is 11.8 Å². The van der Waals surface area contributed by atoms with Crippen LogP contribution in [-0.2, 0) is 11.3 Å². The van der Waals surface area contributed by atoms with Gasteiger partial charge in [0.15, 0.2) is 5.96 Å². The van der Waals surface area contributed by atoms with E-state index in [1.165, 1.54) is 12.1 Å². The SMILES string of the molecule is CCNC(=NCc1ccccc1OC(F)(F)F)NCCCN1CCCC1=O.I. The summed E-state index contributed by atoms with van der Waals surface area (Å²) >= 11 is 0. The van der Waals surface area contributed by atoms with Crippen molar-refractivity contribution in [3.05, 3.63) is 29.8 Å². The highest BCUT2D eigenvalue weighted by atomic mass is 127. The molecule has 158 valence electrons. The molecule has 1 aliphatic heterocycles. The van der Waals surface area contributed by atoms with Crippen LogP contribution in [0, 0.1) is 0 Å². The molecule has 1 amide bonds. The van der Waals surface area contributed by atoms with Gasteiger partial charge in [-0.25, -0.2) is 4.99 Å². The zero-order chi connectivity index (χ0) is 19.7. The summed E-state index contributed by atoms with van der Waals surface area (Å²) < 4.78 is 41.5. The van der Waals surface area contributed by atoms with E-state index in [1.54, 1.807) is 12.1 Å². The molecule has 0 spiro atoms. The fourth-order valence-corrected chi connectivity index (χ4v) is 2.78. The van der Waals surface area contributed by atoms with Crippen molar-refractivity contribution in [3.63, 3.8) is 0 Å². The van der Waals surface area contributed by atoms with Crippen LogP contribution in [0.2, 0.25) is 0 Å². The molecule has 1 heterocycles. The molecule has 0 bridgehead atoms. The third kappa shape index (κ3) is 8.53. The molecule has 1 saturated heterocycles. The van der Waals surface area contributed by atoms with Crippen LogP contribution in [0.5, 0.6) is 5.75 Å². The number of hydrogen-bond acceptors (Lipinski definition) is 3. The number of benzene rings is 1. The molecule has 1 fully saturated rings. The molecule has 10 heteroatoms. The van der Waals surface area contributed by atoms with Gasteiger partial charge in [-0.1, -0.05) is 18.2 Å². The Bertz CT molecular complexity index is 656. The van der Waals surface area contributed by atoms with Gasteiger partial charge < -0.3 is 20.3 Å². The van der Waals surface area contributed by atoms with Crippen molar-refractivity contribution in [3.8, 4) is 5.75 Å². The maximum absolute atomic E-state index is 12.5. The smallest absolute Gasteiger partial charge is 0.405 e. The molecule has 1 aliphatic rings. The summed E-state index contributed by atoms with van der Waals surface area (Å²) in [6.07, 6.45) is -2.44. The molecule has 2 rings (SSSR count). The number of hydrogen-bond donors (Lipinski definition) is 2. The number of carbonyl (C=O) groups excluding carboxylic acids is 1. The molecule has 0 atom stereocenters. The molecular formula is C18H26F3IN4O2. The van der Waals surface area contributed by atoms with E-state index in [2.05, 4.69) is 20.4 Å². The van der Waals surface area contributed by atoms with Crippen LogP contribution >= 0.6 is 24.0 Å². The first-order valence-corrected chi connectivity index (χ1v) is 9.02. The average molecular weight is 514 g/mol. The molecule has 0 saturated carbocycles. The summed E-state index contributed by atoms with van der Waals surface area (Å²) in [5.41, 5.74) is 0.342. The Morgan fingerprint density at radius 1 is 1.29 bits per heavy atom. The molecule has 0 radical (unpaired) electrons. The lowest BCUT2D eigenvalue weighted by Gasteiger charge is -2.16. The minimum Gasteiger partial charge on any atom is -0.405 e. The highest BCUT2D eigenvalue weighted by Gasteiger charge is 2.31. The van der Waals surface area contributed by atoms with Gasteiger partial charge in [-0.3, -0.25) is 4.79 Å². The molecular weight excluding hydrogens is 488 g/mol. The maximum atomic E-state index is 12.5. The number of nitrogens with one attached hydrogen (secondary N) is 2. The van der Waals surface area contributed by atoms with Crippen molar-refractivity contribution in [2.24, 2.45) is 4.99 Å². The fourth-order valence-electron chi connectivity index (χ4n) is 2.78. The molecule has 28 heavy (non-hydrogen) atoms. The highest BCUT2D eigenvalue weighted by molar-refractivity contribution is 14.0. The molecule has 2 N–H and O–H groups in total. The molecule has 1 aromatic carbocycles. The van der Waals surface area contributed by atoms with E-state index in [0.29, 0.717) is 37.6 Å². The highest BCUT2D eigenvalue weighted by Crippen LogP contribution is 2.26. The third-order valence-corrected chi connectivity index (χ3v) is 4.02. The average Bonchev–Trinajstić information content (AvgIpc) is 3.01. The Balaban J connectivity index is 0.00000392. The number of carbonyl (C=O) groups is 1. The fraction of sp³-hybridized carbons (Fsp3) is 0.556. The van der Waals surface area contributed by atoms with Gasteiger partial charge in [0.05, 0.1) is 6.54 Å². The van der Waals surface area contributed by atoms with Crippen LogP contribution in [0.15, 0.2) is 29.3 Å². The lowest BCUT2D eigenvalue weighted by atomic mass is 10.2. The summed E-state index contributed by atoms with van der Waals surface area (Å²) in [4.78, 5) is 17.7. The molecule has 0 aliphatic carbocycles. The summed E-state index contributed by atoms with van der Waals surface area (Å²) in [6.45, 7) is 4.68. The quantitative estimate of drug-likeness (QED) is 0.242. The van der Waals surface area contributed by atoms with Crippen LogP contribution in [0.4, 0.5) is 13.2 Å². The van der Waals surface area contributed by atoms with Gasteiger partial charge in [-0.2, -0.15) is 0 Å². The monoisotopic (exact) mass is 514 g/mol. The standard InChI is InChI=1S/C18H25F3N4O2.HI/c1-2-22-17(23-10-6-12-25-11-5-9-16(25)26)24-13-14-7-3-4-8-15(14)27-18(19,20)21;/h3-4,7-8H,2,5-6,9-13H2,1H3,(H2,22,23,24);1H. The number of guanidine groups is 1. The lowest BCUT2D eigenvalue weighted by Crippen LogP contribution is -2.39. The van der Waals surface area contributed by atoms with Gasteiger partial charge in [0.25, 0.3) is 0 Å². The van der Waals surface area contributed by atoms with Gasteiger partial charge >= 0.3 is 6.36 Å². The second-order valence-electron chi connectivity index (χ2n) is 6.12. The van der Waals surface area contributed by atoms with Gasteiger partial charge in [0.2, 0.25) is 5.91 Å². The van der Waals surface area contributed by atoms with E-state index in [-0.39, 0.29) is 42.2 Å². The number of para-hydroxylation sites is 1. The van der Waals surface area contributed by atoms with E-state index < -0.39 is 6.36 Å².